The summed E-state index contributed by atoms with van der Waals surface area (Å²) >= 11 is 16.4. The van der Waals surface area contributed by atoms with Crippen molar-refractivity contribution >= 4 is 73.3 Å². The molecule has 0 saturated heterocycles. The summed E-state index contributed by atoms with van der Waals surface area (Å²) in [6.45, 7) is 0. The number of anilines is 2. The first-order valence-corrected chi connectivity index (χ1v) is 16.3. The van der Waals surface area contributed by atoms with Gasteiger partial charge in [0.2, 0.25) is 5.75 Å². The summed E-state index contributed by atoms with van der Waals surface area (Å²) < 4.78 is 18.8. The molecule has 1 heterocycles. The number of ether oxygens (including phenoxy) is 3. The first kappa shape index (κ1) is 33.1. The van der Waals surface area contributed by atoms with Crippen molar-refractivity contribution in [1.29, 1.82) is 0 Å². The monoisotopic (exact) mass is 742 g/mol. The topological polar surface area (TPSA) is 87.0 Å². The van der Waals surface area contributed by atoms with Crippen LogP contribution in [0.3, 0.4) is 0 Å². The number of hydrogen-bond donors (Lipinski definition) is 1. The third-order valence-corrected chi connectivity index (χ3v) is 8.77. The first-order chi connectivity index (χ1) is 23.3. The summed E-state index contributed by atoms with van der Waals surface area (Å²) in [5.74, 6) is 2.12. The Bertz CT molecular complexity index is 2180. The van der Waals surface area contributed by atoms with Gasteiger partial charge >= 0.3 is 0 Å². The molecule has 0 aliphatic rings. The van der Waals surface area contributed by atoms with Gasteiger partial charge in [0, 0.05) is 28.4 Å². The van der Waals surface area contributed by atoms with E-state index >= 15 is 0 Å². The molecule has 5 aromatic carbocycles. The molecule has 0 aliphatic heterocycles. The highest BCUT2D eigenvalue weighted by atomic mass is 79.9. The Balaban J connectivity index is 1.38. The SMILES string of the molecule is COc1cc(C=Nc2ccc(-n3c(Cc4ccccc4Nc4c(Cl)cccc4Cl)nc4ccc(Br)cc4c3=O)cc2)cc(OC)c1OC. The number of benzene rings is 5. The molecular formula is C37H29BrCl2N4O4. The Labute approximate surface area is 295 Å². The van der Waals surface area contributed by atoms with E-state index in [2.05, 4.69) is 26.2 Å². The highest BCUT2D eigenvalue weighted by Crippen LogP contribution is 2.38. The van der Waals surface area contributed by atoms with E-state index in [9.17, 15) is 4.79 Å². The Morgan fingerprint density at radius 2 is 1.54 bits per heavy atom. The van der Waals surface area contributed by atoms with E-state index in [4.69, 9.17) is 42.4 Å². The molecule has 0 unspecified atom stereocenters. The molecule has 11 heteroatoms. The molecule has 1 aromatic heterocycles. The second-order valence-corrected chi connectivity index (χ2v) is 12.3. The predicted molar refractivity (Wildman–Crippen MR) is 197 cm³/mol. The highest BCUT2D eigenvalue weighted by Gasteiger charge is 2.17. The van der Waals surface area contributed by atoms with Gasteiger partial charge in [-0.3, -0.25) is 14.4 Å². The molecule has 8 nitrogen and oxygen atoms in total. The summed E-state index contributed by atoms with van der Waals surface area (Å²) in [7, 11) is 4.69. The van der Waals surface area contributed by atoms with Crippen LogP contribution < -0.4 is 25.1 Å². The van der Waals surface area contributed by atoms with Crippen molar-refractivity contribution in [1.82, 2.24) is 9.55 Å². The van der Waals surface area contributed by atoms with Gasteiger partial charge in [0.15, 0.2) is 11.5 Å². The maximum Gasteiger partial charge on any atom is 0.266 e. The van der Waals surface area contributed by atoms with Crippen LogP contribution in [0.1, 0.15) is 17.0 Å². The van der Waals surface area contributed by atoms with Crippen LogP contribution in [0.4, 0.5) is 17.1 Å². The van der Waals surface area contributed by atoms with E-state index in [-0.39, 0.29) is 5.56 Å². The molecule has 1 N–H and O–H groups in total. The highest BCUT2D eigenvalue weighted by molar-refractivity contribution is 9.10. The molecule has 6 aromatic rings. The van der Waals surface area contributed by atoms with E-state index in [0.29, 0.717) is 67.5 Å². The van der Waals surface area contributed by atoms with Crippen molar-refractivity contribution in [3.8, 4) is 22.9 Å². The Kier molecular flexibility index (Phi) is 10.0. The second kappa shape index (κ2) is 14.5. The number of nitrogens with one attached hydrogen (secondary N) is 1. The molecule has 0 atom stereocenters. The summed E-state index contributed by atoms with van der Waals surface area (Å²) in [5.41, 5.74) is 4.80. The Hall–Kier alpha value is -4.83. The van der Waals surface area contributed by atoms with Crippen LogP contribution in [0, 0.1) is 0 Å². The molecule has 242 valence electrons. The molecule has 0 bridgehead atoms. The van der Waals surface area contributed by atoms with Crippen molar-refractivity contribution in [3.63, 3.8) is 0 Å². The average Bonchev–Trinajstić information content (AvgIpc) is 3.10. The zero-order valence-electron chi connectivity index (χ0n) is 26.1. The molecule has 0 radical (unpaired) electrons. The van der Waals surface area contributed by atoms with Gasteiger partial charge in [-0.25, -0.2) is 4.98 Å². The van der Waals surface area contributed by atoms with Crippen LogP contribution in [-0.4, -0.2) is 37.1 Å². The van der Waals surface area contributed by atoms with Gasteiger partial charge in [-0.1, -0.05) is 63.4 Å². The molecule has 0 aliphatic carbocycles. The Morgan fingerprint density at radius 1 is 0.854 bits per heavy atom. The van der Waals surface area contributed by atoms with Crippen molar-refractivity contribution in [2.45, 2.75) is 6.42 Å². The molecule has 0 amide bonds. The van der Waals surface area contributed by atoms with Gasteiger partial charge in [0.25, 0.3) is 5.56 Å². The van der Waals surface area contributed by atoms with Crippen LogP contribution >= 0.6 is 39.1 Å². The number of fused-ring (bicyclic) bond motifs is 1. The Morgan fingerprint density at radius 3 is 2.21 bits per heavy atom. The van der Waals surface area contributed by atoms with Crippen LogP contribution in [-0.2, 0) is 6.42 Å². The van der Waals surface area contributed by atoms with E-state index in [0.717, 1.165) is 21.3 Å². The number of aromatic nitrogens is 2. The number of hydrogen-bond acceptors (Lipinski definition) is 7. The third-order valence-electron chi connectivity index (χ3n) is 7.65. The molecule has 0 saturated carbocycles. The standard InChI is InChI=1S/C37H29BrCl2N4O4/c1-46-32-17-22(18-33(47-2)36(32)48-3)21-41-25-12-14-26(15-13-25)44-34(42-31-16-11-24(38)20-27(31)37(44)45)19-23-7-4-5-10-30(23)43-35-28(39)8-6-9-29(35)40/h4-18,20-21,43H,19H2,1-3H3. The fourth-order valence-corrected chi connectivity index (χ4v) is 6.17. The maximum absolute atomic E-state index is 14.1. The number of halogens is 3. The molecule has 0 spiro atoms. The predicted octanol–water partition coefficient (Wildman–Crippen LogP) is 9.57. The zero-order valence-corrected chi connectivity index (χ0v) is 29.2. The van der Waals surface area contributed by atoms with Crippen molar-refractivity contribution < 1.29 is 14.2 Å². The summed E-state index contributed by atoms with van der Waals surface area (Å²) in [6, 6.07) is 29.7. The molecule has 0 fully saturated rings. The van der Waals surface area contributed by atoms with Gasteiger partial charge in [0.1, 0.15) is 5.82 Å². The quantitative estimate of drug-likeness (QED) is 0.141. The first-order valence-electron chi connectivity index (χ1n) is 14.7. The number of rotatable bonds is 10. The van der Waals surface area contributed by atoms with E-state index < -0.39 is 0 Å². The number of aliphatic imine (C=N–C) groups is 1. The van der Waals surface area contributed by atoms with Crippen LogP contribution in [0.2, 0.25) is 10.0 Å². The smallest absolute Gasteiger partial charge is 0.266 e. The van der Waals surface area contributed by atoms with E-state index in [1.54, 1.807) is 56.4 Å². The lowest BCUT2D eigenvalue weighted by Gasteiger charge is -2.17. The largest absolute Gasteiger partial charge is 0.493 e. The minimum Gasteiger partial charge on any atom is -0.493 e. The van der Waals surface area contributed by atoms with Gasteiger partial charge in [-0.15, -0.1) is 0 Å². The summed E-state index contributed by atoms with van der Waals surface area (Å²) in [5, 5.41) is 4.87. The fourth-order valence-electron chi connectivity index (χ4n) is 5.32. The minimum atomic E-state index is -0.190. The maximum atomic E-state index is 14.1. The summed E-state index contributed by atoms with van der Waals surface area (Å²) in [6.07, 6.45) is 2.05. The van der Waals surface area contributed by atoms with Crippen LogP contribution in [0.25, 0.3) is 16.6 Å². The molecule has 48 heavy (non-hydrogen) atoms. The molecular weight excluding hydrogens is 715 g/mol. The van der Waals surface area contributed by atoms with Gasteiger partial charge in [0.05, 0.1) is 59.3 Å². The second-order valence-electron chi connectivity index (χ2n) is 10.6. The zero-order chi connectivity index (χ0) is 33.8. The lowest BCUT2D eigenvalue weighted by molar-refractivity contribution is 0.324. The van der Waals surface area contributed by atoms with Gasteiger partial charge in [-0.2, -0.15) is 0 Å². The third kappa shape index (κ3) is 6.89. The summed E-state index contributed by atoms with van der Waals surface area (Å²) in [4.78, 5) is 23.7. The lowest BCUT2D eigenvalue weighted by Crippen LogP contribution is -2.24. The van der Waals surface area contributed by atoms with Crippen molar-refractivity contribution in [2.24, 2.45) is 4.99 Å². The minimum absolute atomic E-state index is 0.190. The van der Waals surface area contributed by atoms with E-state index in [1.807, 2.05) is 72.8 Å². The molecule has 6 rings (SSSR count). The van der Waals surface area contributed by atoms with Crippen molar-refractivity contribution in [2.75, 3.05) is 26.6 Å². The fraction of sp³-hybridized carbons (Fsp3) is 0.108. The number of methoxy groups -OCH3 is 3. The van der Waals surface area contributed by atoms with Gasteiger partial charge in [-0.05, 0) is 78.4 Å². The number of nitrogens with zero attached hydrogens (tertiary/aromatic N) is 3. The van der Waals surface area contributed by atoms with Gasteiger partial charge < -0.3 is 19.5 Å². The van der Waals surface area contributed by atoms with Crippen molar-refractivity contribution in [3.05, 3.63) is 139 Å². The number of para-hydroxylation sites is 2. The normalized spacial score (nSPS) is 11.2. The lowest BCUT2D eigenvalue weighted by atomic mass is 10.1. The van der Waals surface area contributed by atoms with Crippen LogP contribution in [0.5, 0.6) is 17.2 Å². The van der Waals surface area contributed by atoms with Crippen LogP contribution in [0.15, 0.2) is 111 Å². The average molecular weight is 744 g/mol. The van der Waals surface area contributed by atoms with E-state index in [1.165, 1.54) is 0 Å².